The second-order valence-electron chi connectivity index (χ2n) is 5.54. The highest BCUT2D eigenvalue weighted by atomic mass is 19.1. The number of carbonyl (C=O) groups excluding carboxylic acids is 2. The predicted molar refractivity (Wildman–Crippen MR) is 85.7 cm³/mol. The van der Waals surface area contributed by atoms with Gasteiger partial charge < -0.3 is 9.47 Å². The Bertz CT molecular complexity index is 741. The summed E-state index contributed by atoms with van der Waals surface area (Å²) in [5.41, 5.74) is 0.904. The molecular formula is C19H17FO4. The number of ether oxygens (including phenoxy) is 2. The highest BCUT2D eigenvalue weighted by Crippen LogP contribution is 2.24. The lowest BCUT2D eigenvalue weighted by Gasteiger charge is -2.19. The monoisotopic (exact) mass is 328 g/mol. The summed E-state index contributed by atoms with van der Waals surface area (Å²) in [6.45, 7) is 0.968. The van der Waals surface area contributed by atoms with Crippen LogP contribution in [0.2, 0.25) is 0 Å². The number of allylic oxidation sites excluding steroid dienone is 4. The van der Waals surface area contributed by atoms with Gasteiger partial charge >= 0.3 is 0 Å². The molecule has 1 heterocycles. The van der Waals surface area contributed by atoms with Crippen molar-refractivity contribution in [2.45, 2.75) is 19.3 Å². The third-order valence-corrected chi connectivity index (χ3v) is 3.85. The fraction of sp³-hybridized carbons (Fsp3) is 0.263. The quantitative estimate of drug-likeness (QED) is 0.776. The molecule has 0 fully saturated rings. The van der Waals surface area contributed by atoms with Crippen LogP contribution in [0.5, 0.6) is 0 Å². The highest BCUT2D eigenvalue weighted by Gasteiger charge is 2.18. The molecule has 0 radical (unpaired) electrons. The summed E-state index contributed by atoms with van der Waals surface area (Å²) in [6.07, 6.45) is 6.01. The Kier molecular flexibility index (Phi) is 4.89. The normalized spacial score (nSPS) is 16.5. The molecule has 0 atom stereocenters. The molecule has 2 aliphatic rings. The van der Waals surface area contributed by atoms with E-state index in [4.69, 9.17) is 9.47 Å². The average Bonchev–Trinajstić information content (AvgIpc) is 2.82. The Balaban J connectivity index is 1.64. The van der Waals surface area contributed by atoms with E-state index in [2.05, 4.69) is 0 Å². The van der Waals surface area contributed by atoms with Crippen molar-refractivity contribution in [3.8, 4) is 0 Å². The van der Waals surface area contributed by atoms with E-state index in [-0.39, 0.29) is 24.4 Å². The standard InChI is InChI=1S/C19H17FO4/c20-15-6-4-13(5-7-15)16(21)8-9-17(22)14-2-1-3-18-19(12-14)24-11-10-23-18/h1-2,4-7,12H,3,8-11H2. The van der Waals surface area contributed by atoms with E-state index >= 15 is 0 Å². The van der Waals surface area contributed by atoms with Crippen LogP contribution in [0.4, 0.5) is 4.39 Å². The largest absolute Gasteiger partial charge is 0.490 e. The van der Waals surface area contributed by atoms with Gasteiger partial charge in [0.15, 0.2) is 17.3 Å². The summed E-state index contributed by atoms with van der Waals surface area (Å²) >= 11 is 0. The molecule has 1 aromatic carbocycles. The second-order valence-corrected chi connectivity index (χ2v) is 5.54. The van der Waals surface area contributed by atoms with Gasteiger partial charge in [-0.3, -0.25) is 9.59 Å². The molecular weight excluding hydrogens is 311 g/mol. The van der Waals surface area contributed by atoms with Gasteiger partial charge in [-0.2, -0.15) is 0 Å². The maximum absolute atomic E-state index is 12.9. The van der Waals surface area contributed by atoms with Gasteiger partial charge in [-0.1, -0.05) is 12.2 Å². The van der Waals surface area contributed by atoms with Crippen LogP contribution >= 0.6 is 0 Å². The molecule has 0 amide bonds. The molecule has 4 nitrogen and oxygen atoms in total. The van der Waals surface area contributed by atoms with Crippen molar-refractivity contribution < 1.29 is 23.5 Å². The van der Waals surface area contributed by atoms with Crippen LogP contribution in [0, 0.1) is 5.82 Å². The number of carbonyl (C=O) groups is 2. The number of ketones is 2. The fourth-order valence-electron chi connectivity index (χ4n) is 2.56. The summed E-state index contributed by atoms with van der Waals surface area (Å²) < 4.78 is 23.9. The number of rotatable bonds is 5. The minimum atomic E-state index is -0.393. The molecule has 0 aromatic heterocycles. The number of hydrogen-bond acceptors (Lipinski definition) is 4. The van der Waals surface area contributed by atoms with E-state index in [1.165, 1.54) is 24.3 Å². The highest BCUT2D eigenvalue weighted by molar-refractivity contribution is 6.03. The fourth-order valence-corrected chi connectivity index (χ4v) is 2.56. The van der Waals surface area contributed by atoms with Gasteiger partial charge in [-0.25, -0.2) is 4.39 Å². The minimum Gasteiger partial charge on any atom is -0.490 e. The average molecular weight is 328 g/mol. The van der Waals surface area contributed by atoms with Crippen molar-refractivity contribution >= 4 is 11.6 Å². The molecule has 1 aromatic rings. The lowest BCUT2D eigenvalue weighted by atomic mass is 10.0. The van der Waals surface area contributed by atoms with Gasteiger partial charge in [0.25, 0.3) is 0 Å². The second kappa shape index (κ2) is 7.25. The molecule has 0 saturated carbocycles. The molecule has 1 aliphatic carbocycles. The first kappa shape index (κ1) is 16.2. The summed E-state index contributed by atoms with van der Waals surface area (Å²) in [6, 6.07) is 5.33. The number of Topliss-reactive ketones (excluding diaryl/α,β-unsaturated/α-hetero) is 2. The van der Waals surface area contributed by atoms with E-state index in [0.717, 1.165) is 5.76 Å². The van der Waals surface area contributed by atoms with Crippen LogP contribution < -0.4 is 0 Å². The Morgan fingerprint density at radius 2 is 1.71 bits per heavy atom. The zero-order valence-corrected chi connectivity index (χ0v) is 13.1. The van der Waals surface area contributed by atoms with Gasteiger partial charge in [0.2, 0.25) is 0 Å². The molecule has 124 valence electrons. The van der Waals surface area contributed by atoms with Gasteiger partial charge in [0, 0.05) is 30.4 Å². The maximum Gasteiger partial charge on any atom is 0.163 e. The smallest absolute Gasteiger partial charge is 0.163 e. The van der Waals surface area contributed by atoms with E-state index in [1.807, 2.05) is 6.08 Å². The first-order chi connectivity index (χ1) is 11.6. The Hall–Kier alpha value is -2.69. The van der Waals surface area contributed by atoms with Crippen molar-refractivity contribution in [2.24, 2.45) is 0 Å². The zero-order chi connectivity index (χ0) is 16.9. The molecule has 0 bridgehead atoms. The van der Waals surface area contributed by atoms with E-state index in [0.29, 0.717) is 36.5 Å². The summed E-state index contributed by atoms with van der Waals surface area (Å²) in [5.74, 6) is 0.598. The lowest BCUT2D eigenvalue weighted by molar-refractivity contribution is -0.115. The third-order valence-electron chi connectivity index (χ3n) is 3.85. The molecule has 0 saturated heterocycles. The molecule has 0 unspecified atom stereocenters. The summed E-state index contributed by atoms with van der Waals surface area (Å²) in [7, 11) is 0. The first-order valence-corrected chi connectivity index (χ1v) is 7.82. The van der Waals surface area contributed by atoms with E-state index < -0.39 is 5.82 Å². The summed E-state index contributed by atoms with van der Waals surface area (Å²) in [5, 5.41) is 0. The summed E-state index contributed by atoms with van der Waals surface area (Å²) in [4.78, 5) is 24.4. The van der Waals surface area contributed by atoms with Gasteiger partial charge in [-0.05, 0) is 30.3 Å². The molecule has 0 spiro atoms. The van der Waals surface area contributed by atoms with Crippen LogP contribution in [0.15, 0.2) is 59.6 Å². The molecule has 1 aliphatic heterocycles. The maximum atomic E-state index is 12.9. The Morgan fingerprint density at radius 3 is 2.50 bits per heavy atom. The van der Waals surface area contributed by atoms with E-state index in [1.54, 1.807) is 12.2 Å². The first-order valence-electron chi connectivity index (χ1n) is 7.82. The molecule has 24 heavy (non-hydrogen) atoms. The van der Waals surface area contributed by atoms with Crippen LogP contribution in [-0.2, 0) is 14.3 Å². The molecule has 5 heteroatoms. The Morgan fingerprint density at radius 1 is 1.00 bits per heavy atom. The van der Waals surface area contributed by atoms with Crippen LogP contribution in [-0.4, -0.2) is 24.8 Å². The SMILES string of the molecule is O=C(CCC(=O)c1ccc(F)cc1)C1=CC2=C(CC=C1)OCCO2. The van der Waals surface area contributed by atoms with Gasteiger partial charge in [0.1, 0.15) is 24.8 Å². The van der Waals surface area contributed by atoms with Crippen molar-refractivity contribution in [1.82, 2.24) is 0 Å². The van der Waals surface area contributed by atoms with Crippen molar-refractivity contribution in [3.05, 3.63) is 71.0 Å². The minimum absolute atomic E-state index is 0.0822. The number of benzene rings is 1. The van der Waals surface area contributed by atoms with Crippen molar-refractivity contribution in [3.63, 3.8) is 0 Å². The number of halogens is 1. The van der Waals surface area contributed by atoms with Gasteiger partial charge in [0.05, 0.1) is 0 Å². The molecule has 3 rings (SSSR count). The van der Waals surface area contributed by atoms with Crippen molar-refractivity contribution in [1.29, 1.82) is 0 Å². The van der Waals surface area contributed by atoms with E-state index in [9.17, 15) is 14.0 Å². The lowest BCUT2D eigenvalue weighted by Crippen LogP contribution is -2.13. The van der Waals surface area contributed by atoms with Crippen LogP contribution in [0.3, 0.4) is 0 Å². The Labute approximate surface area is 139 Å². The van der Waals surface area contributed by atoms with Crippen LogP contribution in [0.1, 0.15) is 29.6 Å². The predicted octanol–water partition coefficient (Wildman–Crippen LogP) is 3.50. The van der Waals surface area contributed by atoms with Crippen molar-refractivity contribution in [2.75, 3.05) is 13.2 Å². The van der Waals surface area contributed by atoms with Crippen LogP contribution in [0.25, 0.3) is 0 Å². The molecule has 0 N–H and O–H groups in total. The number of hydrogen-bond donors (Lipinski definition) is 0. The third kappa shape index (κ3) is 3.79. The van der Waals surface area contributed by atoms with Gasteiger partial charge in [-0.15, -0.1) is 0 Å². The topological polar surface area (TPSA) is 52.6 Å². The zero-order valence-electron chi connectivity index (χ0n) is 13.1.